The second-order valence-electron chi connectivity index (χ2n) is 4.91. The number of hydrogen-bond donors (Lipinski definition) is 1. The third-order valence-corrected chi connectivity index (χ3v) is 3.74. The second kappa shape index (κ2) is 5.95. The predicted octanol–water partition coefficient (Wildman–Crippen LogP) is -0.0158. The average Bonchev–Trinajstić information content (AvgIpc) is 3.14. The molecule has 0 bridgehead atoms. The first-order valence-electron chi connectivity index (χ1n) is 6.54. The highest BCUT2D eigenvalue weighted by molar-refractivity contribution is 7.80. The number of morpholine rings is 1. The monoisotopic (exact) mass is 271 g/mol. The molecule has 2 fully saturated rings. The van der Waals surface area contributed by atoms with Gasteiger partial charge in [-0.3, -0.25) is 9.69 Å². The number of carbonyl (C=O) groups excluding carboxylic acids is 1. The minimum atomic E-state index is -0.211. The van der Waals surface area contributed by atoms with Crippen LogP contribution in [0.25, 0.3) is 0 Å². The molecule has 5 nitrogen and oxygen atoms in total. The van der Waals surface area contributed by atoms with Crippen LogP contribution in [0.15, 0.2) is 0 Å². The summed E-state index contributed by atoms with van der Waals surface area (Å²) in [6.45, 7) is 5.27. The third kappa shape index (κ3) is 3.40. The lowest BCUT2D eigenvalue weighted by atomic mass is 10.2. The van der Waals surface area contributed by atoms with E-state index in [0.717, 1.165) is 25.9 Å². The first-order chi connectivity index (χ1) is 8.61. The van der Waals surface area contributed by atoms with E-state index >= 15 is 0 Å². The Morgan fingerprint density at radius 2 is 2.28 bits per heavy atom. The van der Waals surface area contributed by atoms with E-state index in [1.165, 1.54) is 0 Å². The standard InChI is InChI=1S/C12H21N3O2S/c1-2-15(9-3-4-9)11(16)8-14-5-6-17-10(7-14)12(13)18/h9-10H,2-8H2,1H3,(H2,13,18). The van der Waals surface area contributed by atoms with Gasteiger partial charge in [-0.25, -0.2) is 0 Å². The van der Waals surface area contributed by atoms with Crippen LogP contribution in [0.3, 0.4) is 0 Å². The van der Waals surface area contributed by atoms with E-state index in [9.17, 15) is 4.79 Å². The maximum atomic E-state index is 12.2. The Hall–Kier alpha value is -0.720. The summed E-state index contributed by atoms with van der Waals surface area (Å²) in [7, 11) is 0. The summed E-state index contributed by atoms with van der Waals surface area (Å²) in [5.41, 5.74) is 5.59. The van der Waals surface area contributed by atoms with Gasteiger partial charge in [-0.1, -0.05) is 12.2 Å². The predicted molar refractivity (Wildman–Crippen MR) is 73.4 cm³/mol. The van der Waals surface area contributed by atoms with Crippen LogP contribution in [0, 0.1) is 0 Å². The lowest BCUT2D eigenvalue weighted by Crippen LogP contribution is -2.51. The van der Waals surface area contributed by atoms with Gasteiger partial charge < -0.3 is 15.4 Å². The quantitative estimate of drug-likeness (QED) is 0.712. The molecule has 0 aromatic carbocycles. The highest BCUT2D eigenvalue weighted by atomic mass is 32.1. The number of carbonyl (C=O) groups is 1. The molecule has 18 heavy (non-hydrogen) atoms. The molecular formula is C12H21N3O2S. The van der Waals surface area contributed by atoms with Crippen molar-refractivity contribution in [3.8, 4) is 0 Å². The Morgan fingerprint density at radius 3 is 2.83 bits per heavy atom. The zero-order valence-corrected chi connectivity index (χ0v) is 11.6. The number of nitrogens with zero attached hydrogens (tertiary/aromatic N) is 2. The van der Waals surface area contributed by atoms with Gasteiger partial charge in [0.15, 0.2) is 0 Å². The van der Waals surface area contributed by atoms with Crippen LogP contribution in [0.2, 0.25) is 0 Å². The normalized spacial score (nSPS) is 24.8. The fourth-order valence-corrected chi connectivity index (χ4v) is 2.47. The molecule has 0 spiro atoms. The van der Waals surface area contributed by atoms with Gasteiger partial charge in [0.05, 0.1) is 13.2 Å². The maximum absolute atomic E-state index is 12.2. The zero-order chi connectivity index (χ0) is 13.1. The molecule has 2 N–H and O–H groups in total. The Kier molecular flexibility index (Phi) is 4.53. The lowest BCUT2D eigenvalue weighted by molar-refractivity contribution is -0.134. The minimum absolute atomic E-state index is 0.211. The van der Waals surface area contributed by atoms with Crippen LogP contribution >= 0.6 is 12.2 Å². The van der Waals surface area contributed by atoms with Crippen LogP contribution < -0.4 is 5.73 Å². The Balaban J connectivity index is 1.84. The molecular weight excluding hydrogens is 250 g/mol. The Bertz CT molecular complexity index is 333. The van der Waals surface area contributed by atoms with Crippen LogP contribution in [-0.4, -0.2) is 65.6 Å². The first-order valence-corrected chi connectivity index (χ1v) is 6.95. The average molecular weight is 271 g/mol. The lowest BCUT2D eigenvalue weighted by Gasteiger charge is -2.33. The van der Waals surface area contributed by atoms with Gasteiger partial charge in [0.2, 0.25) is 5.91 Å². The summed E-state index contributed by atoms with van der Waals surface area (Å²) in [6.07, 6.45) is 2.09. The number of hydrogen-bond acceptors (Lipinski definition) is 4. The fourth-order valence-electron chi connectivity index (χ4n) is 2.32. The summed E-state index contributed by atoms with van der Waals surface area (Å²) in [5, 5.41) is 0. The molecule has 1 heterocycles. The van der Waals surface area contributed by atoms with Gasteiger partial charge in [0.25, 0.3) is 0 Å². The van der Waals surface area contributed by atoms with Gasteiger partial charge in [0.1, 0.15) is 11.1 Å². The van der Waals surface area contributed by atoms with Crippen LogP contribution in [0.5, 0.6) is 0 Å². The van der Waals surface area contributed by atoms with Crippen LogP contribution in [0.1, 0.15) is 19.8 Å². The van der Waals surface area contributed by atoms with Gasteiger partial charge in [-0.2, -0.15) is 0 Å². The number of nitrogens with two attached hydrogens (primary N) is 1. The number of amides is 1. The van der Waals surface area contributed by atoms with Crippen molar-refractivity contribution >= 4 is 23.1 Å². The van der Waals surface area contributed by atoms with Crippen molar-refractivity contribution < 1.29 is 9.53 Å². The molecule has 0 aromatic rings. The molecule has 1 unspecified atom stereocenters. The molecule has 102 valence electrons. The molecule has 1 saturated carbocycles. The van der Waals surface area contributed by atoms with E-state index < -0.39 is 0 Å². The number of rotatable bonds is 5. The van der Waals surface area contributed by atoms with Crippen molar-refractivity contribution in [2.24, 2.45) is 5.73 Å². The van der Waals surface area contributed by atoms with Crippen LogP contribution in [-0.2, 0) is 9.53 Å². The first kappa shape index (κ1) is 13.7. The van der Waals surface area contributed by atoms with Crippen LogP contribution in [0.4, 0.5) is 0 Å². The number of thiocarbonyl (C=S) groups is 1. The van der Waals surface area contributed by atoms with E-state index in [-0.39, 0.29) is 12.0 Å². The van der Waals surface area contributed by atoms with Gasteiger partial charge in [-0.15, -0.1) is 0 Å². The summed E-state index contributed by atoms with van der Waals surface area (Å²) in [4.78, 5) is 16.6. The smallest absolute Gasteiger partial charge is 0.236 e. The van der Waals surface area contributed by atoms with Crippen molar-refractivity contribution in [2.45, 2.75) is 31.9 Å². The fraction of sp³-hybridized carbons (Fsp3) is 0.833. The summed E-state index contributed by atoms with van der Waals surface area (Å²) < 4.78 is 5.47. The van der Waals surface area contributed by atoms with E-state index in [1.54, 1.807) is 0 Å². The molecule has 1 atom stereocenters. The zero-order valence-electron chi connectivity index (χ0n) is 10.8. The molecule has 1 amide bonds. The topological polar surface area (TPSA) is 58.8 Å². The molecule has 1 saturated heterocycles. The Labute approximate surface area is 113 Å². The largest absolute Gasteiger partial charge is 0.391 e. The van der Waals surface area contributed by atoms with Gasteiger partial charge in [0, 0.05) is 25.7 Å². The van der Waals surface area contributed by atoms with E-state index in [0.29, 0.717) is 30.7 Å². The minimum Gasteiger partial charge on any atom is -0.391 e. The van der Waals surface area contributed by atoms with E-state index in [2.05, 4.69) is 4.90 Å². The second-order valence-corrected chi connectivity index (χ2v) is 5.38. The molecule has 2 rings (SSSR count). The summed E-state index contributed by atoms with van der Waals surface area (Å²) in [6, 6.07) is 0.481. The van der Waals surface area contributed by atoms with Crippen molar-refractivity contribution in [3.63, 3.8) is 0 Å². The van der Waals surface area contributed by atoms with Gasteiger partial charge >= 0.3 is 0 Å². The van der Waals surface area contributed by atoms with Gasteiger partial charge in [-0.05, 0) is 19.8 Å². The van der Waals surface area contributed by atoms with E-state index in [4.69, 9.17) is 22.7 Å². The van der Waals surface area contributed by atoms with E-state index in [1.807, 2.05) is 11.8 Å². The number of likely N-dealkylation sites (N-methyl/N-ethyl adjacent to an activating group) is 1. The van der Waals surface area contributed by atoms with Crippen molar-refractivity contribution in [3.05, 3.63) is 0 Å². The van der Waals surface area contributed by atoms with Crippen molar-refractivity contribution in [2.75, 3.05) is 32.8 Å². The maximum Gasteiger partial charge on any atom is 0.236 e. The SMILES string of the molecule is CCN(C(=O)CN1CCOC(C(N)=S)C1)C1CC1. The molecule has 0 aromatic heterocycles. The third-order valence-electron chi connectivity index (χ3n) is 3.48. The molecule has 1 aliphatic carbocycles. The molecule has 2 aliphatic rings. The summed E-state index contributed by atoms with van der Waals surface area (Å²) in [5.74, 6) is 0.212. The molecule has 1 aliphatic heterocycles. The highest BCUT2D eigenvalue weighted by Gasteiger charge is 2.32. The molecule has 6 heteroatoms. The summed E-state index contributed by atoms with van der Waals surface area (Å²) >= 11 is 4.94. The Morgan fingerprint density at radius 1 is 1.56 bits per heavy atom. The molecule has 0 radical (unpaired) electrons. The highest BCUT2D eigenvalue weighted by Crippen LogP contribution is 2.26. The number of ether oxygens (including phenoxy) is 1. The van der Waals surface area contributed by atoms with Crippen molar-refractivity contribution in [1.82, 2.24) is 9.80 Å². The van der Waals surface area contributed by atoms with Crippen molar-refractivity contribution in [1.29, 1.82) is 0 Å².